The standard InChI is InChI=1S/C16H19NO6S/c1-21-16(20)10-14-17(13(18)11-24-14)7-3-9-23-15(19)6-5-12-4-2-8-22-12/h2,4,8,10H,3,5-7,9,11H2,1H3/b14-10+. The van der Waals surface area contributed by atoms with Crippen LogP contribution in [0.25, 0.3) is 0 Å². The van der Waals surface area contributed by atoms with Gasteiger partial charge in [-0.25, -0.2) is 4.79 Å². The van der Waals surface area contributed by atoms with Gasteiger partial charge in [0.1, 0.15) is 5.76 Å². The Morgan fingerprint density at radius 1 is 1.46 bits per heavy atom. The molecule has 0 unspecified atom stereocenters. The van der Waals surface area contributed by atoms with E-state index >= 15 is 0 Å². The molecule has 0 bridgehead atoms. The summed E-state index contributed by atoms with van der Waals surface area (Å²) in [7, 11) is 1.29. The third-order valence-electron chi connectivity index (χ3n) is 3.30. The van der Waals surface area contributed by atoms with Gasteiger partial charge in [-0.3, -0.25) is 9.59 Å². The molecule has 1 aliphatic heterocycles. The highest BCUT2D eigenvalue weighted by molar-refractivity contribution is 8.04. The van der Waals surface area contributed by atoms with Gasteiger partial charge in [0.2, 0.25) is 5.91 Å². The van der Waals surface area contributed by atoms with E-state index < -0.39 is 5.97 Å². The molecule has 1 aromatic heterocycles. The molecule has 0 aromatic carbocycles. The van der Waals surface area contributed by atoms with Gasteiger partial charge in [0.15, 0.2) is 0 Å². The van der Waals surface area contributed by atoms with Crippen molar-refractivity contribution in [3.8, 4) is 0 Å². The summed E-state index contributed by atoms with van der Waals surface area (Å²) < 4.78 is 14.8. The molecule has 1 amide bonds. The highest BCUT2D eigenvalue weighted by Gasteiger charge is 2.26. The first kappa shape index (κ1) is 18.1. The van der Waals surface area contributed by atoms with Crippen LogP contribution < -0.4 is 0 Å². The molecule has 130 valence electrons. The third-order valence-corrected chi connectivity index (χ3v) is 4.32. The zero-order valence-corrected chi connectivity index (χ0v) is 14.2. The van der Waals surface area contributed by atoms with Crippen molar-refractivity contribution < 1.29 is 28.3 Å². The van der Waals surface area contributed by atoms with Gasteiger partial charge in [0.25, 0.3) is 0 Å². The Bertz CT molecular complexity index is 610. The van der Waals surface area contributed by atoms with Crippen molar-refractivity contribution in [2.75, 3.05) is 26.0 Å². The van der Waals surface area contributed by atoms with Crippen molar-refractivity contribution in [3.63, 3.8) is 0 Å². The SMILES string of the molecule is COC(=O)/C=C1/SCC(=O)N1CCCOC(=O)CCc1ccco1. The normalized spacial score (nSPS) is 15.8. The Kier molecular flexibility index (Phi) is 6.92. The smallest absolute Gasteiger partial charge is 0.333 e. The summed E-state index contributed by atoms with van der Waals surface area (Å²) in [6.07, 6.45) is 4.10. The monoisotopic (exact) mass is 353 g/mol. The molecule has 24 heavy (non-hydrogen) atoms. The van der Waals surface area contributed by atoms with Crippen LogP contribution in [0.2, 0.25) is 0 Å². The molecular formula is C16H19NO6S. The molecule has 0 aliphatic carbocycles. The minimum Gasteiger partial charge on any atom is -0.469 e. The fourth-order valence-corrected chi connectivity index (χ4v) is 3.05. The van der Waals surface area contributed by atoms with Crippen LogP contribution in [0.4, 0.5) is 0 Å². The van der Waals surface area contributed by atoms with Crippen molar-refractivity contribution in [1.82, 2.24) is 4.90 Å². The lowest BCUT2D eigenvalue weighted by molar-refractivity contribution is -0.143. The van der Waals surface area contributed by atoms with E-state index in [4.69, 9.17) is 9.15 Å². The van der Waals surface area contributed by atoms with Gasteiger partial charge in [-0.2, -0.15) is 0 Å². The van der Waals surface area contributed by atoms with Crippen LogP contribution in [0.15, 0.2) is 33.9 Å². The van der Waals surface area contributed by atoms with E-state index in [9.17, 15) is 14.4 Å². The minimum atomic E-state index is -0.499. The number of aryl methyl sites for hydroxylation is 1. The average Bonchev–Trinajstić information content (AvgIpc) is 3.20. The minimum absolute atomic E-state index is 0.0701. The quantitative estimate of drug-likeness (QED) is 0.400. The fourth-order valence-electron chi connectivity index (χ4n) is 2.09. The Hall–Kier alpha value is -2.22. The summed E-state index contributed by atoms with van der Waals surface area (Å²) in [4.78, 5) is 36.2. The second-order valence-electron chi connectivity index (χ2n) is 4.99. The number of amides is 1. The lowest BCUT2D eigenvalue weighted by atomic mass is 10.2. The molecule has 7 nitrogen and oxygen atoms in total. The number of nitrogens with zero attached hydrogens (tertiary/aromatic N) is 1. The second-order valence-corrected chi connectivity index (χ2v) is 5.99. The number of methoxy groups -OCH3 is 1. The van der Waals surface area contributed by atoms with Gasteiger partial charge in [-0.15, -0.1) is 0 Å². The van der Waals surface area contributed by atoms with Crippen LogP contribution in [0.3, 0.4) is 0 Å². The summed E-state index contributed by atoms with van der Waals surface area (Å²) in [5.41, 5.74) is 0. The summed E-state index contributed by atoms with van der Waals surface area (Å²) in [5, 5.41) is 0.566. The number of esters is 2. The molecule has 1 aliphatic rings. The van der Waals surface area contributed by atoms with Crippen molar-refractivity contribution in [3.05, 3.63) is 35.3 Å². The summed E-state index contributed by atoms with van der Waals surface area (Å²) in [6.45, 7) is 0.608. The second kappa shape index (κ2) is 9.17. The lowest BCUT2D eigenvalue weighted by Gasteiger charge is -2.16. The van der Waals surface area contributed by atoms with E-state index in [1.54, 1.807) is 18.4 Å². The van der Waals surface area contributed by atoms with Gasteiger partial charge in [-0.1, -0.05) is 11.8 Å². The molecule has 0 radical (unpaired) electrons. The first-order valence-electron chi connectivity index (χ1n) is 7.51. The summed E-state index contributed by atoms with van der Waals surface area (Å²) in [6, 6.07) is 3.57. The number of hydrogen-bond donors (Lipinski definition) is 0. The molecular weight excluding hydrogens is 334 g/mol. The summed E-state index contributed by atoms with van der Waals surface area (Å²) >= 11 is 1.29. The predicted octanol–water partition coefficient (Wildman–Crippen LogP) is 1.74. The number of thioether (sulfide) groups is 1. The number of carbonyl (C=O) groups excluding carboxylic acids is 3. The van der Waals surface area contributed by atoms with Crippen LogP contribution in [0.1, 0.15) is 18.6 Å². The molecule has 1 aromatic rings. The molecule has 0 saturated carbocycles. The molecule has 8 heteroatoms. The van der Waals surface area contributed by atoms with Crippen LogP contribution in [0.5, 0.6) is 0 Å². The number of furan rings is 1. The molecule has 1 fully saturated rings. The van der Waals surface area contributed by atoms with E-state index in [-0.39, 0.29) is 24.9 Å². The Labute approximate surface area is 144 Å². The zero-order valence-electron chi connectivity index (χ0n) is 13.4. The van der Waals surface area contributed by atoms with Gasteiger partial charge in [-0.05, 0) is 18.6 Å². The largest absolute Gasteiger partial charge is 0.469 e. The Balaban J connectivity index is 1.68. The van der Waals surface area contributed by atoms with Crippen molar-refractivity contribution in [2.24, 2.45) is 0 Å². The third kappa shape index (κ3) is 5.45. The van der Waals surface area contributed by atoms with Gasteiger partial charge in [0, 0.05) is 13.0 Å². The highest BCUT2D eigenvalue weighted by atomic mass is 32.2. The number of carbonyl (C=O) groups is 3. The van der Waals surface area contributed by atoms with Crippen LogP contribution in [-0.2, 0) is 30.3 Å². The maximum absolute atomic E-state index is 11.8. The Morgan fingerprint density at radius 2 is 2.29 bits per heavy atom. The number of rotatable bonds is 8. The van der Waals surface area contributed by atoms with Crippen molar-refractivity contribution >= 4 is 29.6 Å². The maximum atomic E-state index is 11.8. The molecule has 0 atom stereocenters. The Morgan fingerprint density at radius 3 is 3.00 bits per heavy atom. The maximum Gasteiger partial charge on any atom is 0.333 e. The number of hydrogen-bond acceptors (Lipinski definition) is 7. The van der Waals surface area contributed by atoms with Gasteiger partial charge < -0.3 is 18.8 Å². The van der Waals surface area contributed by atoms with E-state index in [1.165, 1.54) is 29.8 Å². The van der Waals surface area contributed by atoms with Gasteiger partial charge >= 0.3 is 11.9 Å². The summed E-state index contributed by atoms with van der Waals surface area (Å²) in [5.74, 6) is 0.162. The molecule has 0 N–H and O–H groups in total. The van der Waals surface area contributed by atoms with Crippen molar-refractivity contribution in [2.45, 2.75) is 19.3 Å². The first-order valence-corrected chi connectivity index (χ1v) is 8.49. The van der Waals surface area contributed by atoms with Crippen molar-refractivity contribution in [1.29, 1.82) is 0 Å². The fraction of sp³-hybridized carbons (Fsp3) is 0.438. The molecule has 0 spiro atoms. The van der Waals surface area contributed by atoms with E-state index in [0.29, 0.717) is 30.2 Å². The number of ether oxygens (including phenoxy) is 2. The highest BCUT2D eigenvalue weighted by Crippen LogP contribution is 2.28. The average molecular weight is 353 g/mol. The van der Waals surface area contributed by atoms with E-state index in [2.05, 4.69) is 4.74 Å². The van der Waals surface area contributed by atoms with E-state index in [0.717, 1.165) is 5.76 Å². The zero-order chi connectivity index (χ0) is 17.4. The molecule has 2 rings (SSSR count). The van der Waals surface area contributed by atoms with Crippen LogP contribution >= 0.6 is 11.8 Å². The van der Waals surface area contributed by atoms with Crippen LogP contribution in [0, 0.1) is 0 Å². The predicted molar refractivity (Wildman–Crippen MR) is 86.9 cm³/mol. The van der Waals surface area contributed by atoms with E-state index in [1.807, 2.05) is 0 Å². The topological polar surface area (TPSA) is 86.0 Å². The lowest BCUT2D eigenvalue weighted by Crippen LogP contribution is -2.27. The van der Waals surface area contributed by atoms with Gasteiger partial charge in [0.05, 0.1) is 43.3 Å². The molecule has 1 saturated heterocycles. The molecule has 2 heterocycles. The van der Waals surface area contributed by atoms with Crippen LogP contribution in [-0.4, -0.2) is 48.8 Å². The first-order chi connectivity index (χ1) is 11.6.